The van der Waals surface area contributed by atoms with Crippen molar-refractivity contribution in [2.45, 2.75) is 13.0 Å². The highest BCUT2D eigenvalue weighted by Gasteiger charge is 2.03. The maximum absolute atomic E-state index is 11.3. The number of benzene rings is 1. The Kier molecular flexibility index (Phi) is 8.62. The van der Waals surface area contributed by atoms with Gasteiger partial charge in [-0.25, -0.2) is 4.79 Å². The lowest BCUT2D eigenvalue weighted by Crippen LogP contribution is -2.17. The molecule has 5 heteroatoms. The molecule has 0 unspecified atom stereocenters. The molecule has 20 heavy (non-hydrogen) atoms. The van der Waals surface area contributed by atoms with E-state index in [0.29, 0.717) is 18.8 Å². The number of methoxy groups -OCH3 is 2. The van der Waals surface area contributed by atoms with E-state index in [0.717, 1.165) is 31.7 Å². The Balaban J connectivity index is 2.11. The summed E-state index contributed by atoms with van der Waals surface area (Å²) in [5, 5.41) is 3.33. The predicted octanol–water partition coefficient (Wildman–Crippen LogP) is 1.62. The Labute approximate surface area is 120 Å². The van der Waals surface area contributed by atoms with Crippen molar-refractivity contribution in [3.63, 3.8) is 0 Å². The summed E-state index contributed by atoms with van der Waals surface area (Å²) >= 11 is 0. The molecule has 1 rings (SSSR count). The minimum absolute atomic E-state index is 0.308. The molecule has 5 nitrogen and oxygen atoms in total. The highest BCUT2D eigenvalue weighted by atomic mass is 16.5. The Bertz CT molecular complexity index is 378. The van der Waals surface area contributed by atoms with Crippen LogP contribution in [0, 0.1) is 0 Å². The molecule has 0 saturated carbocycles. The number of carbonyl (C=O) groups is 1. The molecule has 0 aromatic heterocycles. The zero-order chi connectivity index (χ0) is 14.6. The zero-order valence-electron chi connectivity index (χ0n) is 12.2. The lowest BCUT2D eigenvalue weighted by atomic mass is 10.1. The van der Waals surface area contributed by atoms with Crippen molar-refractivity contribution in [1.82, 2.24) is 5.32 Å². The van der Waals surface area contributed by atoms with Crippen LogP contribution in [0.3, 0.4) is 0 Å². The van der Waals surface area contributed by atoms with E-state index in [1.807, 2.05) is 12.1 Å². The molecule has 0 amide bonds. The second-order valence-electron chi connectivity index (χ2n) is 4.32. The van der Waals surface area contributed by atoms with Gasteiger partial charge in [-0.3, -0.25) is 0 Å². The van der Waals surface area contributed by atoms with Crippen LogP contribution in [0.2, 0.25) is 0 Å². The van der Waals surface area contributed by atoms with Gasteiger partial charge in [-0.2, -0.15) is 0 Å². The Morgan fingerprint density at radius 3 is 2.50 bits per heavy atom. The molecular weight excluding hydrogens is 258 g/mol. The van der Waals surface area contributed by atoms with Crippen molar-refractivity contribution >= 4 is 5.97 Å². The van der Waals surface area contributed by atoms with E-state index < -0.39 is 0 Å². The second-order valence-corrected chi connectivity index (χ2v) is 4.32. The van der Waals surface area contributed by atoms with Gasteiger partial charge < -0.3 is 19.5 Å². The van der Waals surface area contributed by atoms with Crippen molar-refractivity contribution in [2.75, 3.05) is 40.6 Å². The smallest absolute Gasteiger partial charge is 0.337 e. The van der Waals surface area contributed by atoms with E-state index in [1.54, 1.807) is 19.2 Å². The lowest BCUT2D eigenvalue weighted by molar-refractivity contribution is 0.0600. The molecule has 1 N–H and O–H groups in total. The molecule has 0 spiro atoms. The van der Waals surface area contributed by atoms with Crippen molar-refractivity contribution in [3.8, 4) is 0 Å². The summed E-state index contributed by atoms with van der Waals surface area (Å²) in [6.07, 6.45) is 0.962. The molecule has 0 aliphatic heterocycles. The molecule has 0 bridgehead atoms. The van der Waals surface area contributed by atoms with Gasteiger partial charge in [0.2, 0.25) is 0 Å². The summed E-state index contributed by atoms with van der Waals surface area (Å²) in [7, 11) is 3.04. The summed E-state index contributed by atoms with van der Waals surface area (Å²) in [4.78, 5) is 11.3. The van der Waals surface area contributed by atoms with Gasteiger partial charge in [0.1, 0.15) is 0 Å². The fraction of sp³-hybridized carbons (Fsp3) is 0.533. The molecule has 0 aliphatic rings. The monoisotopic (exact) mass is 281 g/mol. The maximum atomic E-state index is 11.3. The minimum Gasteiger partial charge on any atom is -0.465 e. The van der Waals surface area contributed by atoms with Gasteiger partial charge in [0, 0.05) is 20.3 Å². The number of nitrogens with one attached hydrogen (secondary N) is 1. The second kappa shape index (κ2) is 10.4. The molecular formula is C15H23NO4. The molecule has 0 saturated heterocycles. The van der Waals surface area contributed by atoms with E-state index in [-0.39, 0.29) is 5.97 Å². The fourth-order valence-electron chi connectivity index (χ4n) is 1.65. The third kappa shape index (κ3) is 6.65. The molecule has 1 aromatic rings. The first kappa shape index (κ1) is 16.6. The summed E-state index contributed by atoms with van der Waals surface area (Å²) in [5.74, 6) is -0.308. The maximum Gasteiger partial charge on any atom is 0.337 e. The van der Waals surface area contributed by atoms with Crippen LogP contribution >= 0.6 is 0 Å². The molecule has 0 heterocycles. The molecule has 0 aliphatic carbocycles. The largest absolute Gasteiger partial charge is 0.465 e. The number of hydrogen-bond acceptors (Lipinski definition) is 5. The third-order valence-corrected chi connectivity index (χ3v) is 2.78. The van der Waals surface area contributed by atoms with E-state index in [4.69, 9.17) is 9.47 Å². The predicted molar refractivity (Wildman–Crippen MR) is 76.8 cm³/mol. The average Bonchev–Trinajstić information content (AvgIpc) is 2.50. The van der Waals surface area contributed by atoms with E-state index in [9.17, 15) is 4.79 Å². The number of rotatable bonds is 10. The summed E-state index contributed by atoms with van der Waals surface area (Å²) < 4.78 is 14.9. The first-order chi connectivity index (χ1) is 9.77. The topological polar surface area (TPSA) is 56.8 Å². The quantitative estimate of drug-likeness (QED) is 0.521. The van der Waals surface area contributed by atoms with Crippen LogP contribution in [0.15, 0.2) is 24.3 Å². The van der Waals surface area contributed by atoms with Crippen molar-refractivity contribution in [3.05, 3.63) is 35.4 Å². The van der Waals surface area contributed by atoms with Crippen LogP contribution in [-0.2, 0) is 20.8 Å². The number of ether oxygens (including phenoxy) is 3. The standard InChI is InChI=1S/C15H23NO4/c1-18-10-11-20-9-3-8-16-12-13-4-6-14(7-5-13)15(17)19-2/h4-7,16H,3,8-12H2,1-2H3. The van der Waals surface area contributed by atoms with Crippen molar-refractivity contribution in [2.24, 2.45) is 0 Å². The number of esters is 1. The highest BCUT2D eigenvalue weighted by molar-refractivity contribution is 5.89. The van der Waals surface area contributed by atoms with Crippen molar-refractivity contribution < 1.29 is 19.0 Å². The first-order valence-electron chi connectivity index (χ1n) is 6.72. The van der Waals surface area contributed by atoms with Gasteiger partial charge in [0.15, 0.2) is 0 Å². The summed E-state index contributed by atoms with van der Waals surface area (Å²) in [6, 6.07) is 7.40. The van der Waals surface area contributed by atoms with E-state index in [2.05, 4.69) is 10.1 Å². The Morgan fingerprint density at radius 1 is 1.10 bits per heavy atom. The third-order valence-electron chi connectivity index (χ3n) is 2.78. The SMILES string of the molecule is COCCOCCCNCc1ccc(C(=O)OC)cc1. The highest BCUT2D eigenvalue weighted by Crippen LogP contribution is 2.05. The van der Waals surface area contributed by atoms with Crippen LogP contribution in [-0.4, -0.2) is 46.6 Å². The van der Waals surface area contributed by atoms with Crippen LogP contribution in [0.1, 0.15) is 22.3 Å². The summed E-state index contributed by atoms with van der Waals surface area (Å²) in [5.41, 5.74) is 1.71. The fourth-order valence-corrected chi connectivity index (χ4v) is 1.65. The first-order valence-corrected chi connectivity index (χ1v) is 6.72. The average molecular weight is 281 g/mol. The molecule has 0 fully saturated rings. The van der Waals surface area contributed by atoms with Gasteiger partial charge in [-0.05, 0) is 30.7 Å². The molecule has 1 aromatic carbocycles. The van der Waals surface area contributed by atoms with Gasteiger partial charge in [-0.1, -0.05) is 12.1 Å². The normalized spacial score (nSPS) is 10.5. The Morgan fingerprint density at radius 2 is 1.85 bits per heavy atom. The van der Waals surface area contributed by atoms with E-state index in [1.165, 1.54) is 7.11 Å². The molecule has 112 valence electrons. The van der Waals surface area contributed by atoms with Crippen molar-refractivity contribution in [1.29, 1.82) is 0 Å². The van der Waals surface area contributed by atoms with Crippen LogP contribution in [0.5, 0.6) is 0 Å². The van der Waals surface area contributed by atoms with Crippen LogP contribution < -0.4 is 5.32 Å². The van der Waals surface area contributed by atoms with Crippen LogP contribution in [0.25, 0.3) is 0 Å². The lowest BCUT2D eigenvalue weighted by Gasteiger charge is -2.06. The summed E-state index contributed by atoms with van der Waals surface area (Å²) in [6.45, 7) is 3.69. The van der Waals surface area contributed by atoms with E-state index >= 15 is 0 Å². The number of hydrogen-bond donors (Lipinski definition) is 1. The van der Waals surface area contributed by atoms with Gasteiger partial charge >= 0.3 is 5.97 Å². The van der Waals surface area contributed by atoms with Crippen LogP contribution in [0.4, 0.5) is 0 Å². The zero-order valence-corrected chi connectivity index (χ0v) is 12.2. The van der Waals surface area contributed by atoms with Gasteiger partial charge in [0.25, 0.3) is 0 Å². The Hall–Kier alpha value is -1.43. The molecule has 0 atom stereocenters. The van der Waals surface area contributed by atoms with Gasteiger partial charge in [-0.15, -0.1) is 0 Å². The molecule has 0 radical (unpaired) electrons. The minimum atomic E-state index is -0.308. The van der Waals surface area contributed by atoms with Gasteiger partial charge in [0.05, 0.1) is 25.9 Å². The number of carbonyl (C=O) groups excluding carboxylic acids is 1.